The second-order valence-corrected chi connectivity index (χ2v) is 5.88. The molecule has 1 atom stereocenters. The van der Waals surface area contributed by atoms with E-state index in [-0.39, 0.29) is 0 Å². The van der Waals surface area contributed by atoms with E-state index in [1.165, 1.54) is 0 Å². The molecule has 4 nitrogen and oxygen atoms in total. The average Bonchev–Trinajstić information content (AvgIpc) is 2.38. The number of benzene rings is 1. The number of anilines is 1. The summed E-state index contributed by atoms with van der Waals surface area (Å²) in [5, 5.41) is 3.02. The SMILES string of the molecule is O=P1(O)Nc2ccccc2C=C1c1ccccn1. The van der Waals surface area contributed by atoms with E-state index in [1.54, 1.807) is 36.5 Å². The topological polar surface area (TPSA) is 62.2 Å². The maximum absolute atomic E-state index is 12.3. The Hall–Kier alpha value is -1.90. The van der Waals surface area contributed by atoms with Gasteiger partial charge in [0.2, 0.25) is 0 Å². The Morgan fingerprint density at radius 2 is 1.89 bits per heavy atom. The van der Waals surface area contributed by atoms with Crippen LogP contribution >= 0.6 is 7.52 Å². The lowest BCUT2D eigenvalue weighted by Gasteiger charge is -2.23. The van der Waals surface area contributed by atoms with E-state index in [0.717, 1.165) is 5.56 Å². The van der Waals surface area contributed by atoms with E-state index < -0.39 is 7.52 Å². The van der Waals surface area contributed by atoms with Gasteiger partial charge in [-0.1, -0.05) is 24.3 Å². The molecule has 90 valence electrons. The molecule has 1 unspecified atom stereocenters. The van der Waals surface area contributed by atoms with Crippen LogP contribution in [0.2, 0.25) is 0 Å². The van der Waals surface area contributed by atoms with Crippen molar-refractivity contribution in [3.8, 4) is 0 Å². The Labute approximate surface area is 105 Å². The zero-order valence-electron chi connectivity index (χ0n) is 9.45. The highest BCUT2D eigenvalue weighted by Gasteiger charge is 2.30. The lowest BCUT2D eigenvalue weighted by atomic mass is 10.1. The monoisotopic (exact) mass is 258 g/mol. The fourth-order valence-electron chi connectivity index (χ4n) is 1.93. The lowest BCUT2D eigenvalue weighted by Crippen LogP contribution is -2.05. The fraction of sp³-hybridized carbons (Fsp3) is 0. The van der Waals surface area contributed by atoms with Crippen molar-refractivity contribution in [1.82, 2.24) is 4.98 Å². The van der Waals surface area contributed by atoms with Crippen molar-refractivity contribution < 1.29 is 9.46 Å². The minimum Gasteiger partial charge on any atom is -0.326 e. The number of rotatable bonds is 1. The fourth-order valence-corrected chi connectivity index (χ4v) is 3.33. The van der Waals surface area contributed by atoms with Gasteiger partial charge in [0.25, 0.3) is 0 Å². The molecule has 0 fully saturated rings. The van der Waals surface area contributed by atoms with Crippen molar-refractivity contribution in [2.24, 2.45) is 0 Å². The minimum absolute atomic E-state index is 0.335. The zero-order chi connectivity index (χ0) is 12.6. The number of aromatic nitrogens is 1. The van der Waals surface area contributed by atoms with Gasteiger partial charge in [-0.3, -0.25) is 9.55 Å². The number of hydrogen-bond donors (Lipinski definition) is 2. The maximum atomic E-state index is 12.3. The normalized spacial score (nSPS) is 21.7. The van der Waals surface area contributed by atoms with Crippen LogP contribution in [0.4, 0.5) is 5.69 Å². The van der Waals surface area contributed by atoms with Gasteiger partial charge >= 0.3 is 7.52 Å². The second-order valence-electron chi connectivity index (χ2n) is 4.02. The summed E-state index contributed by atoms with van der Waals surface area (Å²) in [6.07, 6.45) is 3.33. The summed E-state index contributed by atoms with van der Waals surface area (Å²) in [5.41, 5.74) is 2.08. The third kappa shape index (κ3) is 1.86. The Bertz CT molecular complexity index is 668. The molecule has 0 saturated heterocycles. The molecule has 1 aromatic heterocycles. The Morgan fingerprint density at radius 3 is 2.67 bits per heavy atom. The first-order chi connectivity index (χ1) is 8.67. The van der Waals surface area contributed by atoms with E-state index in [1.807, 2.05) is 18.2 Å². The van der Waals surface area contributed by atoms with E-state index >= 15 is 0 Å². The summed E-state index contributed by atoms with van der Waals surface area (Å²) in [6, 6.07) is 12.7. The van der Waals surface area contributed by atoms with Gasteiger partial charge in [0.05, 0.1) is 11.0 Å². The molecule has 5 heteroatoms. The highest BCUT2D eigenvalue weighted by Crippen LogP contribution is 2.58. The van der Waals surface area contributed by atoms with Gasteiger partial charge in [-0.15, -0.1) is 0 Å². The molecule has 1 aliphatic rings. The van der Waals surface area contributed by atoms with E-state index in [9.17, 15) is 9.46 Å². The van der Waals surface area contributed by atoms with Gasteiger partial charge in [-0.05, 0) is 29.8 Å². The summed E-state index contributed by atoms with van der Waals surface area (Å²) in [5.74, 6) is 0. The standard InChI is InChI=1S/C13H11N2O2P/c16-18(17)13(12-7-3-4-8-14-12)9-10-5-1-2-6-11(10)15-18/h1-9H,(H2,15,16,17). The third-order valence-electron chi connectivity index (χ3n) is 2.78. The molecule has 0 bridgehead atoms. The molecule has 0 amide bonds. The predicted molar refractivity (Wildman–Crippen MR) is 72.0 cm³/mol. The van der Waals surface area contributed by atoms with Crippen LogP contribution in [0, 0.1) is 0 Å². The number of para-hydroxylation sites is 1. The first-order valence-corrected chi connectivity index (χ1v) is 7.16. The van der Waals surface area contributed by atoms with Crippen LogP contribution in [-0.2, 0) is 4.57 Å². The largest absolute Gasteiger partial charge is 0.326 e. The predicted octanol–water partition coefficient (Wildman–Crippen LogP) is 3.19. The van der Waals surface area contributed by atoms with Gasteiger partial charge in [0.15, 0.2) is 0 Å². The third-order valence-corrected chi connectivity index (χ3v) is 4.33. The van der Waals surface area contributed by atoms with Gasteiger partial charge in [0.1, 0.15) is 0 Å². The Balaban J connectivity index is 2.19. The maximum Gasteiger partial charge on any atom is 0.323 e. The van der Waals surface area contributed by atoms with Crippen molar-refractivity contribution in [3.05, 3.63) is 59.9 Å². The first kappa shape index (κ1) is 11.2. The molecule has 3 rings (SSSR count). The van der Waals surface area contributed by atoms with E-state index in [4.69, 9.17) is 0 Å². The summed E-state index contributed by atoms with van der Waals surface area (Å²) in [4.78, 5) is 14.2. The van der Waals surface area contributed by atoms with Gasteiger partial charge < -0.3 is 9.98 Å². The highest BCUT2D eigenvalue weighted by molar-refractivity contribution is 7.70. The number of nitrogens with one attached hydrogen (secondary N) is 1. The summed E-state index contributed by atoms with van der Waals surface area (Å²) in [6.45, 7) is 0. The minimum atomic E-state index is -3.60. The van der Waals surface area contributed by atoms with Crippen molar-refractivity contribution >= 4 is 24.6 Å². The van der Waals surface area contributed by atoms with Crippen LogP contribution in [0.3, 0.4) is 0 Å². The summed E-state index contributed by atoms with van der Waals surface area (Å²) < 4.78 is 12.3. The molecule has 0 radical (unpaired) electrons. The zero-order valence-corrected chi connectivity index (χ0v) is 10.3. The molecular weight excluding hydrogens is 247 g/mol. The molecule has 0 spiro atoms. The molecule has 18 heavy (non-hydrogen) atoms. The van der Waals surface area contributed by atoms with E-state index in [0.29, 0.717) is 16.7 Å². The molecule has 0 saturated carbocycles. The van der Waals surface area contributed by atoms with Crippen LogP contribution < -0.4 is 5.09 Å². The molecule has 0 aliphatic carbocycles. The first-order valence-electron chi connectivity index (χ1n) is 5.50. The highest BCUT2D eigenvalue weighted by atomic mass is 31.2. The van der Waals surface area contributed by atoms with Crippen LogP contribution in [0.15, 0.2) is 48.7 Å². The molecule has 1 aromatic carbocycles. The quantitative estimate of drug-likeness (QED) is 0.771. The van der Waals surface area contributed by atoms with Crippen LogP contribution in [0.1, 0.15) is 11.3 Å². The Morgan fingerprint density at radius 1 is 1.11 bits per heavy atom. The van der Waals surface area contributed by atoms with Gasteiger partial charge in [0, 0.05) is 11.9 Å². The van der Waals surface area contributed by atoms with Gasteiger partial charge in [-0.2, -0.15) is 0 Å². The molecular formula is C13H11N2O2P. The van der Waals surface area contributed by atoms with Crippen LogP contribution in [0.25, 0.3) is 11.4 Å². The van der Waals surface area contributed by atoms with Crippen LogP contribution in [0.5, 0.6) is 0 Å². The van der Waals surface area contributed by atoms with E-state index in [2.05, 4.69) is 10.1 Å². The summed E-state index contributed by atoms with van der Waals surface area (Å²) in [7, 11) is -3.60. The molecule has 1 aliphatic heterocycles. The van der Waals surface area contributed by atoms with Crippen molar-refractivity contribution in [1.29, 1.82) is 0 Å². The molecule has 2 heterocycles. The number of hydrogen-bond acceptors (Lipinski definition) is 2. The van der Waals surface area contributed by atoms with Crippen molar-refractivity contribution in [2.75, 3.05) is 5.09 Å². The summed E-state index contributed by atoms with van der Waals surface area (Å²) >= 11 is 0. The number of pyridine rings is 1. The van der Waals surface area contributed by atoms with Crippen molar-refractivity contribution in [2.45, 2.75) is 0 Å². The molecule has 2 aromatic rings. The van der Waals surface area contributed by atoms with Crippen molar-refractivity contribution in [3.63, 3.8) is 0 Å². The number of nitrogens with zero attached hydrogens (tertiary/aromatic N) is 1. The Kier molecular flexibility index (Phi) is 2.54. The lowest BCUT2D eigenvalue weighted by molar-refractivity contribution is 0.496. The average molecular weight is 258 g/mol. The second kappa shape index (κ2) is 4.09. The molecule has 2 N–H and O–H groups in total. The smallest absolute Gasteiger partial charge is 0.323 e. The van der Waals surface area contributed by atoms with Gasteiger partial charge in [-0.25, -0.2) is 0 Å². The number of fused-ring (bicyclic) bond motifs is 1. The van der Waals surface area contributed by atoms with Crippen LogP contribution in [-0.4, -0.2) is 9.88 Å².